The van der Waals surface area contributed by atoms with Crippen LogP contribution in [-0.2, 0) is 0 Å². The van der Waals surface area contributed by atoms with Gasteiger partial charge in [0, 0.05) is 12.0 Å². The molecular weight excluding hydrogens is 241 g/mol. The fourth-order valence-corrected chi connectivity index (χ4v) is 2.54. The first-order valence-corrected chi connectivity index (χ1v) is 6.98. The lowest BCUT2D eigenvalue weighted by molar-refractivity contribution is -0.135. The van der Waals surface area contributed by atoms with Gasteiger partial charge in [-0.15, -0.1) is 0 Å². The van der Waals surface area contributed by atoms with Crippen LogP contribution in [0.15, 0.2) is 0 Å². The second-order valence-electron chi connectivity index (χ2n) is 5.50. The maximum absolute atomic E-state index is 11.9. The summed E-state index contributed by atoms with van der Waals surface area (Å²) in [5.41, 5.74) is 6.24. The van der Waals surface area contributed by atoms with Gasteiger partial charge in [0.2, 0.25) is 0 Å². The zero-order valence-electron chi connectivity index (χ0n) is 11.0. The molecule has 1 saturated carbocycles. The predicted octanol–water partition coefficient (Wildman–Crippen LogP) is 3.36. The highest BCUT2D eigenvalue weighted by molar-refractivity contribution is 4.87. The molecule has 2 nitrogen and oxygen atoms in total. The van der Waals surface area contributed by atoms with Crippen LogP contribution in [0.1, 0.15) is 57.8 Å². The highest BCUT2D eigenvalue weighted by Crippen LogP contribution is 2.28. The minimum absolute atomic E-state index is 0.0305. The van der Waals surface area contributed by atoms with Gasteiger partial charge in [-0.1, -0.05) is 19.3 Å². The Kier molecular flexibility index (Phi) is 6.43. The highest BCUT2D eigenvalue weighted by Gasteiger charge is 2.27. The molecule has 0 heterocycles. The van der Waals surface area contributed by atoms with E-state index in [9.17, 15) is 13.2 Å². The van der Waals surface area contributed by atoms with Crippen molar-refractivity contribution in [2.24, 2.45) is 5.73 Å². The number of nitrogens with one attached hydrogen (secondary N) is 1. The number of hydrogen-bond acceptors (Lipinski definition) is 2. The van der Waals surface area contributed by atoms with Gasteiger partial charge in [0.1, 0.15) is 0 Å². The minimum atomic E-state index is -4.01. The van der Waals surface area contributed by atoms with Crippen LogP contribution < -0.4 is 11.1 Å². The molecule has 108 valence electrons. The van der Waals surface area contributed by atoms with E-state index in [-0.39, 0.29) is 12.0 Å². The van der Waals surface area contributed by atoms with Crippen molar-refractivity contribution in [3.63, 3.8) is 0 Å². The summed E-state index contributed by atoms with van der Waals surface area (Å²) in [6.45, 7) is 1.48. The molecule has 1 aliphatic carbocycles. The van der Waals surface area contributed by atoms with E-state index < -0.39 is 12.6 Å². The third kappa shape index (κ3) is 7.21. The summed E-state index contributed by atoms with van der Waals surface area (Å²) in [4.78, 5) is 0. The first-order chi connectivity index (χ1) is 8.41. The minimum Gasteiger partial charge on any atom is -0.325 e. The predicted molar refractivity (Wildman–Crippen MR) is 67.4 cm³/mol. The lowest BCUT2D eigenvalue weighted by atomic mass is 9.80. The van der Waals surface area contributed by atoms with Crippen molar-refractivity contribution in [1.29, 1.82) is 0 Å². The molecule has 3 N–H and O–H groups in total. The summed E-state index contributed by atoms with van der Waals surface area (Å²) in [5.74, 6) is 0. The molecular formula is C13H25F3N2. The number of halogens is 3. The van der Waals surface area contributed by atoms with Crippen LogP contribution in [0.4, 0.5) is 13.2 Å². The molecule has 0 saturated heterocycles. The van der Waals surface area contributed by atoms with Crippen LogP contribution >= 0.6 is 0 Å². The summed E-state index contributed by atoms with van der Waals surface area (Å²) < 4.78 is 35.7. The lowest BCUT2D eigenvalue weighted by Gasteiger charge is -2.33. The smallest absolute Gasteiger partial charge is 0.325 e. The van der Waals surface area contributed by atoms with Crippen molar-refractivity contribution < 1.29 is 13.2 Å². The van der Waals surface area contributed by atoms with Crippen LogP contribution in [0.2, 0.25) is 0 Å². The Morgan fingerprint density at radius 1 is 1.00 bits per heavy atom. The lowest BCUT2D eigenvalue weighted by Crippen LogP contribution is -2.44. The van der Waals surface area contributed by atoms with Gasteiger partial charge in [0.15, 0.2) is 0 Å². The van der Waals surface area contributed by atoms with Crippen molar-refractivity contribution in [2.75, 3.05) is 13.1 Å². The molecule has 0 spiro atoms. The van der Waals surface area contributed by atoms with Gasteiger partial charge in [-0.2, -0.15) is 13.2 Å². The number of rotatable bonds is 7. The second-order valence-corrected chi connectivity index (χ2v) is 5.50. The average molecular weight is 266 g/mol. The van der Waals surface area contributed by atoms with Crippen molar-refractivity contribution in [3.8, 4) is 0 Å². The third-order valence-electron chi connectivity index (χ3n) is 3.71. The normalized spacial score (nSPS) is 20.0. The Balaban J connectivity index is 1.95. The van der Waals surface area contributed by atoms with Crippen LogP contribution in [0.5, 0.6) is 0 Å². The number of nitrogens with two attached hydrogens (primary N) is 1. The van der Waals surface area contributed by atoms with Crippen molar-refractivity contribution in [1.82, 2.24) is 5.32 Å². The van der Waals surface area contributed by atoms with Gasteiger partial charge in [0.25, 0.3) is 0 Å². The Bertz CT molecular complexity index is 223. The van der Waals surface area contributed by atoms with E-state index in [1.807, 2.05) is 0 Å². The van der Waals surface area contributed by atoms with Gasteiger partial charge in [0.05, 0.1) is 0 Å². The molecule has 1 rings (SSSR count). The molecule has 0 bridgehead atoms. The van der Waals surface area contributed by atoms with E-state index in [1.54, 1.807) is 0 Å². The molecule has 1 fully saturated rings. The molecule has 0 aromatic heterocycles. The highest BCUT2D eigenvalue weighted by atomic mass is 19.4. The Hall–Kier alpha value is -0.290. The van der Waals surface area contributed by atoms with Gasteiger partial charge in [-0.05, 0) is 45.2 Å². The largest absolute Gasteiger partial charge is 0.389 e. The van der Waals surface area contributed by atoms with E-state index in [2.05, 4.69) is 5.32 Å². The summed E-state index contributed by atoms with van der Waals surface area (Å²) in [6, 6.07) is 0. The summed E-state index contributed by atoms with van der Waals surface area (Å²) >= 11 is 0. The maximum atomic E-state index is 11.9. The van der Waals surface area contributed by atoms with E-state index >= 15 is 0 Å². The number of alkyl halides is 3. The van der Waals surface area contributed by atoms with Crippen LogP contribution in [0.3, 0.4) is 0 Å². The summed E-state index contributed by atoms with van der Waals surface area (Å²) in [6.07, 6.45) is 2.92. The summed E-state index contributed by atoms with van der Waals surface area (Å²) in [5, 5.41) is 3.20. The second kappa shape index (κ2) is 7.34. The topological polar surface area (TPSA) is 38.0 Å². The maximum Gasteiger partial charge on any atom is 0.389 e. The zero-order valence-corrected chi connectivity index (χ0v) is 11.0. The number of unbranched alkanes of at least 4 members (excludes halogenated alkanes) is 1. The molecule has 0 aliphatic heterocycles. The Morgan fingerprint density at radius 2 is 1.67 bits per heavy atom. The molecule has 5 heteroatoms. The van der Waals surface area contributed by atoms with Crippen molar-refractivity contribution in [2.45, 2.75) is 69.5 Å². The van der Waals surface area contributed by atoms with E-state index in [0.29, 0.717) is 13.0 Å². The first-order valence-electron chi connectivity index (χ1n) is 6.98. The average Bonchev–Trinajstić information content (AvgIpc) is 2.27. The fraction of sp³-hybridized carbons (Fsp3) is 1.00. The van der Waals surface area contributed by atoms with Crippen LogP contribution in [0.25, 0.3) is 0 Å². The molecule has 0 unspecified atom stereocenters. The molecule has 0 aromatic carbocycles. The van der Waals surface area contributed by atoms with E-state index in [4.69, 9.17) is 5.73 Å². The quantitative estimate of drug-likeness (QED) is 0.693. The molecule has 1 aliphatic rings. The van der Waals surface area contributed by atoms with Gasteiger partial charge >= 0.3 is 6.18 Å². The van der Waals surface area contributed by atoms with Crippen LogP contribution in [0, 0.1) is 0 Å². The molecule has 0 atom stereocenters. The molecule has 0 amide bonds. The SMILES string of the molecule is NC1(CCNCCCCC(F)(F)F)CCCCC1. The first kappa shape index (κ1) is 15.8. The van der Waals surface area contributed by atoms with Gasteiger partial charge in [-0.25, -0.2) is 0 Å². The third-order valence-corrected chi connectivity index (χ3v) is 3.71. The molecule has 0 radical (unpaired) electrons. The Labute approximate surface area is 107 Å². The monoisotopic (exact) mass is 266 g/mol. The summed E-state index contributed by atoms with van der Waals surface area (Å²) in [7, 11) is 0. The van der Waals surface area contributed by atoms with Crippen LogP contribution in [-0.4, -0.2) is 24.8 Å². The zero-order chi connectivity index (χ0) is 13.5. The van der Waals surface area contributed by atoms with Crippen molar-refractivity contribution >= 4 is 0 Å². The van der Waals surface area contributed by atoms with E-state index in [1.165, 1.54) is 19.3 Å². The van der Waals surface area contributed by atoms with Crippen molar-refractivity contribution in [3.05, 3.63) is 0 Å². The number of hydrogen-bond donors (Lipinski definition) is 2. The Morgan fingerprint density at radius 3 is 2.28 bits per heavy atom. The fourth-order valence-electron chi connectivity index (χ4n) is 2.54. The molecule has 0 aromatic rings. The van der Waals surface area contributed by atoms with Gasteiger partial charge < -0.3 is 11.1 Å². The van der Waals surface area contributed by atoms with Gasteiger partial charge in [-0.3, -0.25) is 0 Å². The van der Waals surface area contributed by atoms with E-state index in [0.717, 1.165) is 25.8 Å². The standard InChI is InChI=1S/C13H25F3N2/c14-13(15,16)8-4-5-10-18-11-9-12(17)6-2-1-3-7-12/h18H,1-11,17H2. The molecule has 18 heavy (non-hydrogen) atoms.